The first-order chi connectivity index (χ1) is 6.09. The molecule has 0 saturated heterocycles. The van der Waals surface area contributed by atoms with E-state index in [1.165, 1.54) is 0 Å². The van der Waals surface area contributed by atoms with E-state index < -0.39 is 15.4 Å². The standard InChI is InChI=1S/C9H10O3S.Na.H/c10-13(11,12)9-6-5-7-3-1-2-4-8(7)9;;/h1-4,9H,5-6H2,(H,10,11,12);;/q;+1;-1. The van der Waals surface area contributed by atoms with Crippen LogP contribution in [0.3, 0.4) is 0 Å². The molecule has 0 fully saturated rings. The largest absolute Gasteiger partial charge is 1.00 e. The second-order valence-corrected chi connectivity index (χ2v) is 4.84. The smallest absolute Gasteiger partial charge is 1.00 e. The summed E-state index contributed by atoms with van der Waals surface area (Å²) in [6, 6.07) is 7.34. The molecule has 0 bridgehead atoms. The fourth-order valence-corrected chi connectivity index (χ4v) is 2.79. The van der Waals surface area contributed by atoms with Crippen molar-refractivity contribution in [2.24, 2.45) is 0 Å². The zero-order valence-electron chi connectivity index (χ0n) is 8.97. The Morgan fingerprint density at radius 1 is 1.36 bits per heavy atom. The minimum atomic E-state index is -3.92. The number of fused-ring (bicyclic) bond motifs is 1. The van der Waals surface area contributed by atoms with Crippen LogP contribution in [0.5, 0.6) is 0 Å². The van der Waals surface area contributed by atoms with Gasteiger partial charge in [0.25, 0.3) is 10.1 Å². The van der Waals surface area contributed by atoms with Gasteiger partial charge in [-0.15, -0.1) is 0 Å². The predicted octanol–water partition coefficient (Wildman–Crippen LogP) is -1.32. The van der Waals surface area contributed by atoms with E-state index in [1.54, 1.807) is 12.1 Å². The summed E-state index contributed by atoms with van der Waals surface area (Å²) in [5, 5.41) is -0.705. The summed E-state index contributed by atoms with van der Waals surface area (Å²) in [6.45, 7) is 0. The van der Waals surface area contributed by atoms with Crippen LogP contribution >= 0.6 is 0 Å². The summed E-state index contributed by atoms with van der Waals surface area (Å²) >= 11 is 0. The summed E-state index contributed by atoms with van der Waals surface area (Å²) in [7, 11) is -3.92. The molecule has 3 nitrogen and oxygen atoms in total. The normalized spacial score (nSPS) is 19.9. The van der Waals surface area contributed by atoms with Crippen LogP contribution in [0.1, 0.15) is 24.2 Å². The number of aryl methyl sites for hydroxylation is 1. The van der Waals surface area contributed by atoms with Crippen molar-refractivity contribution < 1.29 is 44.0 Å². The number of rotatable bonds is 1. The molecule has 0 amide bonds. The van der Waals surface area contributed by atoms with Crippen molar-refractivity contribution in [3.8, 4) is 0 Å². The number of hydrogen-bond donors (Lipinski definition) is 1. The fourth-order valence-electron chi connectivity index (χ4n) is 1.83. The van der Waals surface area contributed by atoms with Gasteiger partial charge >= 0.3 is 29.6 Å². The molecule has 72 valence electrons. The van der Waals surface area contributed by atoms with E-state index in [0.717, 1.165) is 17.5 Å². The molecule has 0 saturated carbocycles. The van der Waals surface area contributed by atoms with Gasteiger partial charge in [0.2, 0.25) is 0 Å². The van der Waals surface area contributed by atoms with E-state index in [0.29, 0.717) is 6.42 Å². The van der Waals surface area contributed by atoms with Gasteiger partial charge < -0.3 is 1.43 Å². The Hall–Kier alpha value is 0.130. The first-order valence-electron chi connectivity index (χ1n) is 4.13. The molecule has 0 radical (unpaired) electrons. The second-order valence-electron chi connectivity index (χ2n) is 3.24. The maximum atomic E-state index is 11.0. The molecule has 1 aromatic rings. The maximum absolute atomic E-state index is 11.0. The maximum Gasteiger partial charge on any atom is 1.00 e. The van der Waals surface area contributed by atoms with Gasteiger partial charge in [-0.2, -0.15) is 8.42 Å². The van der Waals surface area contributed by atoms with E-state index >= 15 is 0 Å². The Balaban J connectivity index is 0.000000980. The Morgan fingerprint density at radius 3 is 2.64 bits per heavy atom. The van der Waals surface area contributed by atoms with Gasteiger partial charge in [0.1, 0.15) is 5.25 Å². The molecule has 5 heteroatoms. The van der Waals surface area contributed by atoms with Crippen LogP contribution in [-0.4, -0.2) is 13.0 Å². The van der Waals surface area contributed by atoms with Crippen molar-refractivity contribution in [1.29, 1.82) is 0 Å². The molecule has 1 aromatic carbocycles. The SMILES string of the molecule is O=S(=O)(O)C1CCc2ccccc21.[H-].[Na+]. The van der Waals surface area contributed by atoms with Crippen LogP contribution in [0.15, 0.2) is 24.3 Å². The zero-order valence-corrected chi connectivity index (χ0v) is 10.8. The molecule has 14 heavy (non-hydrogen) atoms. The third kappa shape index (κ3) is 2.20. The van der Waals surface area contributed by atoms with Crippen LogP contribution in [-0.2, 0) is 16.5 Å². The Morgan fingerprint density at radius 2 is 2.00 bits per heavy atom. The first-order valence-corrected chi connectivity index (χ1v) is 5.63. The van der Waals surface area contributed by atoms with Crippen molar-refractivity contribution in [3.05, 3.63) is 35.4 Å². The molecule has 0 spiro atoms. The monoisotopic (exact) mass is 222 g/mol. The van der Waals surface area contributed by atoms with E-state index in [1.807, 2.05) is 12.1 Å². The fraction of sp³-hybridized carbons (Fsp3) is 0.333. The van der Waals surface area contributed by atoms with Crippen LogP contribution in [0.2, 0.25) is 0 Å². The molecule has 1 atom stereocenters. The molecule has 1 aliphatic carbocycles. The van der Waals surface area contributed by atoms with Crippen molar-refractivity contribution in [3.63, 3.8) is 0 Å². The van der Waals surface area contributed by atoms with E-state index in [2.05, 4.69) is 0 Å². The molecule has 2 rings (SSSR count). The van der Waals surface area contributed by atoms with Crippen molar-refractivity contribution in [1.82, 2.24) is 0 Å². The molecule has 1 unspecified atom stereocenters. The minimum absolute atomic E-state index is 0. The average molecular weight is 222 g/mol. The zero-order chi connectivity index (χ0) is 9.47. The van der Waals surface area contributed by atoms with E-state index in [4.69, 9.17) is 4.55 Å². The summed E-state index contributed by atoms with van der Waals surface area (Å²) in [4.78, 5) is 0. The van der Waals surface area contributed by atoms with Crippen LogP contribution in [0.25, 0.3) is 0 Å². The van der Waals surface area contributed by atoms with Crippen LogP contribution in [0.4, 0.5) is 0 Å². The summed E-state index contributed by atoms with van der Waals surface area (Å²) in [5.41, 5.74) is 1.79. The Kier molecular flexibility index (Phi) is 3.77. The van der Waals surface area contributed by atoms with Gasteiger partial charge in [-0.25, -0.2) is 0 Å². The Bertz CT molecular complexity index is 433. The van der Waals surface area contributed by atoms with Gasteiger partial charge in [0.15, 0.2) is 0 Å². The molecule has 0 aliphatic heterocycles. The van der Waals surface area contributed by atoms with Crippen molar-refractivity contribution in [2.75, 3.05) is 0 Å². The van der Waals surface area contributed by atoms with Crippen LogP contribution < -0.4 is 29.6 Å². The topological polar surface area (TPSA) is 54.4 Å². The molecule has 0 aromatic heterocycles. The number of hydrogen-bond acceptors (Lipinski definition) is 2. The third-order valence-corrected chi connectivity index (χ3v) is 3.65. The minimum Gasteiger partial charge on any atom is -1.00 e. The van der Waals surface area contributed by atoms with Gasteiger partial charge in [0.05, 0.1) is 0 Å². The van der Waals surface area contributed by atoms with Gasteiger partial charge in [0, 0.05) is 0 Å². The van der Waals surface area contributed by atoms with Crippen LogP contribution in [0, 0.1) is 0 Å². The summed E-state index contributed by atoms with van der Waals surface area (Å²) in [5.74, 6) is 0. The molecule has 1 N–H and O–H groups in total. The van der Waals surface area contributed by atoms with Gasteiger partial charge in [-0.05, 0) is 24.0 Å². The quantitative estimate of drug-likeness (QED) is 0.473. The van der Waals surface area contributed by atoms with Gasteiger partial charge in [-0.1, -0.05) is 24.3 Å². The summed E-state index contributed by atoms with van der Waals surface area (Å²) in [6.07, 6.45) is 1.23. The second kappa shape index (κ2) is 4.33. The van der Waals surface area contributed by atoms with Gasteiger partial charge in [-0.3, -0.25) is 4.55 Å². The van der Waals surface area contributed by atoms with Crippen molar-refractivity contribution in [2.45, 2.75) is 18.1 Å². The average Bonchev–Trinajstić information content (AvgIpc) is 2.45. The first kappa shape index (κ1) is 12.2. The number of benzene rings is 1. The molecule has 0 heterocycles. The summed E-state index contributed by atoms with van der Waals surface area (Å²) < 4.78 is 30.8. The van der Waals surface area contributed by atoms with Crippen molar-refractivity contribution >= 4 is 10.1 Å². The third-order valence-electron chi connectivity index (χ3n) is 2.44. The molecular weight excluding hydrogens is 211 g/mol. The Labute approximate surface area is 107 Å². The van der Waals surface area contributed by atoms with E-state index in [-0.39, 0.29) is 31.0 Å². The van der Waals surface area contributed by atoms with E-state index in [9.17, 15) is 8.42 Å². The predicted molar refractivity (Wildman–Crippen MR) is 50.2 cm³/mol. The molecule has 1 aliphatic rings. The molecular formula is C9H11NaO3S.